The van der Waals surface area contributed by atoms with E-state index in [4.69, 9.17) is 21.3 Å². The number of halogens is 2. The number of aromatic nitrogens is 4. The van der Waals surface area contributed by atoms with E-state index in [1.807, 2.05) is 54.6 Å². The lowest BCUT2D eigenvalue weighted by molar-refractivity contribution is 0.0300. The van der Waals surface area contributed by atoms with Crippen LogP contribution in [0.25, 0.3) is 33.8 Å². The normalized spacial score (nSPS) is 13.7. The Morgan fingerprint density at radius 1 is 0.895 bits per heavy atom. The molecule has 0 N–H and O–H groups in total. The molecule has 2 aromatic heterocycles. The molecule has 8 nitrogen and oxygen atoms in total. The van der Waals surface area contributed by atoms with E-state index < -0.39 is 5.56 Å². The predicted molar refractivity (Wildman–Crippen MR) is 149 cm³/mol. The first-order chi connectivity index (χ1) is 18.5. The van der Waals surface area contributed by atoms with Crippen LogP contribution < -0.4 is 5.56 Å². The van der Waals surface area contributed by atoms with Gasteiger partial charge in [0, 0.05) is 28.1 Å². The van der Waals surface area contributed by atoms with Crippen molar-refractivity contribution in [2.75, 3.05) is 26.3 Å². The number of ether oxygens (including phenoxy) is 1. The van der Waals surface area contributed by atoms with Crippen LogP contribution in [0.3, 0.4) is 0 Å². The van der Waals surface area contributed by atoms with Crippen molar-refractivity contribution in [2.45, 2.75) is 0 Å². The van der Waals surface area contributed by atoms with Gasteiger partial charge in [0.05, 0.1) is 24.6 Å². The quantitative estimate of drug-likeness (QED) is 0.290. The predicted octanol–water partition coefficient (Wildman–Crippen LogP) is 5.13. The largest absolute Gasteiger partial charge is 0.378 e. The summed E-state index contributed by atoms with van der Waals surface area (Å²) >= 11 is 9.62. The van der Waals surface area contributed by atoms with Gasteiger partial charge in [0.1, 0.15) is 11.2 Å². The maximum atomic E-state index is 14.4. The van der Waals surface area contributed by atoms with Crippen LogP contribution >= 0.6 is 27.5 Å². The summed E-state index contributed by atoms with van der Waals surface area (Å²) in [5.74, 6) is 0.0886. The maximum Gasteiger partial charge on any atom is 0.275 e. The summed E-state index contributed by atoms with van der Waals surface area (Å²) in [6.07, 6.45) is 0. The molecule has 1 saturated heterocycles. The molecule has 10 heteroatoms. The van der Waals surface area contributed by atoms with Crippen molar-refractivity contribution in [1.29, 1.82) is 0 Å². The van der Waals surface area contributed by atoms with Gasteiger partial charge in [0.2, 0.25) is 0 Å². The monoisotopic (exact) mass is 589 g/mol. The van der Waals surface area contributed by atoms with E-state index in [1.54, 1.807) is 33.8 Å². The lowest BCUT2D eigenvalue weighted by atomic mass is 10.1. The summed E-state index contributed by atoms with van der Waals surface area (Å²) in [5.41, 5.74) is 1.97. The van der Waals surface area contributed by atoms with Crippen molar-refractivity contribution in [3.63, 3.8) is 0 Å². The molecule has 5 aromatic rings. The molecule has 0 aliphatic carbocycles. The molecular formula is C28H21BrClN5O3. The van der Waals surface area contributed by atoms with Crippen molar-refractivity contribution < 1.29 is 9.53 Å². The smallest absolute Gasteiger partial charge is 0.275 e. The van der Waals surface area contributed by atoms with Gasteiger partial charge in [-0.1, -0.05) is 57.9 Å². The van der Waals surface area contributed by atoms with Gasteiger partial charge in [0.25, 0.3) is 11.5 Å². The molecule has 6 rings (SSSR count). The van der Waals surface area contributed by atoms with Gasteiger partial charge in [-0.15, -0.1) is 0 Å². The van der Waals surface area contributed by atoms with E-state index in [1.165, 1.54) is 4.57 Å². The number of fused-ring (bicyclic) bond motifs is 1. The zero-order valence-corrected chi connectivity index (χ0v) is 22.4. The summed E-state index contributed by atoms with van der Waals surface area (Å²) in [5, 5.41) is 5.37. The van der Waals surface area contributed by atoms with Gasteiger partial charge in [-0.3, -0.25) is 14.2 Å². The minimum Gasteiger partial charge on any atom is -0.378 e. The van der Waals surface area contributed by atoms with Gasteiger partial charge < -0.3 is 9.64 Å². The fourth-order valence-corrected chi connectivity index (χ4v) is 4.90. The van der Waals surface area contributed by atoms with Crippen LogP contribution in [-0.2, 0) is 4.74 Å². The number of para-hydroxylation sites is 1. The van der Waals surface area contributed by atoms with Crippen LogP contribution in [0, 0.1) is 0 Å². The number of morpholine rings is 1. The first-order valence-electron chi connectivity index (χ1n) is 12.0. The summed E-state index contributed by atoms with van der Waals surface area (Å²) in [6, 6.07) is 23.8. The Morgan fingerprint density at radius 3 is 2.26 bits per heavy atom. The summed E-state index contributed by atoms with van der Waals surface area (Å²) in [7, 11) is 0. The zero-order valence-electron chi connectivity index (χ0n) is 20.1. The van der Waals surface area contributed by atoms with Gasteiger partial charge in [-0.2, -0.15) is 5.10 Å². The third-order valence-corrected chi connectivity index (χ3v) is 7.17. The van der Waals surface area contributed by atoms with Crippen LogP contribution in [0.15, 0.2) is 88.1 Å². The molecule has 38 heavy (non-hydrogen) atoms. The average molecular weight is 591 g/mol. The number of carbonyl (C=O) groups excluding carboxylic acids is 1. The Morgan fingerprint density at radius 2 is 1.58 bits per heavy atom. The minimum absolute atomic E-state index is 0.0633. The number of nitrogens with zero attached hydrogens (tertiary/aromatic N) is 5. The third kappa shape index (κ3) is 4.42. The van der Waals surface area contributed by atoms with E-state index in [2.05, 4.69) is 21.0 Å². The number of rotatable bonds is 4. The lowest BCUT2D eigenvalue weighted by Crippen LogP contribution is -2.41. The van der Waals surface area contributed by atoms with Gasteiger partial charge >= 0.3 is 0 Å². The van der Waals surface area contributed by atoms with Crippen LogP contribution in [0.4, 0.5) is 0 Å². The molecule has 1 aliphatic rings. The van der Waals surface area contributed by atoms with Crippen LogP contribution in [0.1, 0.15) is 10.5 Å². The molecule has 190 valence electrons. The highest BCUT2D eigenvalue weighted by Gasteiger charge is 2.29. The van der Waals surface area contributed by atoms with Crippen LogP contribution in [0.2, 0.25) is 5.02 Å². The molecule has 0 bridgehead atoms. The Bertz CT molecular complexity index is 1690. The van der Waals surface area contributed by atoms with Gasteiger partial charge in [0.15, 0.2) is 11.3 Å². The van der Waals surface area contributed by atoms with Crippen molar-refractivity contribution in [3.05, 3.63) is 104 Å². The second-order valence-corrected chi connectivity index (χ2v) is 10.1. The summed E-state index contributed by atoms with van der Waals surface area (Å²) in [6.45, 7) is 1.72. The molecule has 1 aliphatic heterocycles. The van der Waals surface area contributed by atoms with Crippen LogP contribution in [-0.4, -0.2) is 56.4 Å². The number of benzene rings is 3. The van der Waals surface area contributed by atoms with E-state index in [9.17, 15) is 9.59 Å². The van der Waals surface area contributed by atoms with Crippen molar-refractivity contribution in [3.8, 4) is 22.8 Å². The molecule has 0 radical (unpaired) electrons. The third-order valence-electron chi connectivity index (χ3n) is 6.39. The first kappa shape index (κ1) is 24.5. The summed E-state index contributed by atoms with van der Waals surface area (Å²) < 4.78 is 9.40. The highest BCUT2D eigenvalue weighted by atomic mass is 79.9. The topological polar surface area (TPSA) is 82.2 Å². The molecule has 0 atom stereocenters. The standard InChI is InChI=1S/C28H21BrClN5O3/c29-19-8-6-18(7-9-19)25-31-26-23(27(36)34(25)21-12-10-20(30)11-13-21)24(28(37)33-14-16-38-17-15-33)32-35(26)22-4-2-1-3-5-22/h1-13H,14-17H2. The molecule has 3 heterocycles. The van der Waals surface area contributed by atoms with E-state index in [-0.39, 0.29) is 17.0 Å². The number of hydrogen-bond donors (Lipinski definition) is 0. The molecule has 1 amide bonds. The highest BCUT2D eigenvalue weighted by molar-refractivity contribution is 9.10. The van der Waals surface area contributed by atoms with Crippen molar-refractivity contribution in [1.82, 2.24) is 24.2 Å². The zero-order chi connectivity index (χ0) is 26.2. The lowest BCUT2D eigenvalue weighted by Gasteiger charge is -2.26. The van der Waals surface area contributed by atoms with Gasteiger partial charge in [-0.25, -0.2) is 9.67 Å². The number of hydrogen-bond acceptors (Lipinski definition) is 5. The summed E-state index contributed by atoms with van der Waals surface area (Å²) in [4.78, 5) is 34.7. The van der Waals surface area contributed by atoms with E-state index in [0.717, 1.165) is 10.0 Å². The highest BCUT2D eigenvalue weighted by Crippen LogP contribution is 2.27. The Hall–Kier alpha value is -3.79. The molecular weight excluding hydrogens is 570 g/mol. The number of amides is 1. The van der Waals surface area contributed by atoms with Crippen molar-refractivity contribution >= 4 is 44.5 Å². The van der Waals surface area contributed by atoms with Crippen LogP contribution in [0.5, 0.6) is 0 Å². The number of carbonyl (C=O) groups is 1. The van der Waals surface area contributed by atoms with E-state index in [0.29, 0.717) is 54.2 Å². The second kappa shape index (κ2) is 10.2. The SMILES string of the molecule is O=C(c1nn(-c2ccccc2)c2nc(-c3ccc(Br)cc3)n(-c3ccc(Cl)cc3)c(=O)c12)N1CCOCC1. The van der Waals surface area contributed by atoms with E-state index >= 15 is 0 Å². The molecule has 0 spiro atoms. The average Bonchev–Trinajstić information content (AvgIpc) is 3.34. The van der Waals surface area contributed by atoms with Crippen molar-refractivity contribution in [2.24, 2.45) is 0 Å². The molecule has 0 unspecified atom stereocenters. The molecule has 0 saturated carbocycles. The first-order valence-corrected chi connectivity index (χ1v) is 13.2. The fourth-order valence-electron chi connectivity index (χ4n) is 4.51. The molecule has 1 fully saturated rings. The minimum atomic E-state index is -0.394. The Balaban J connectivity index is 1.69. The fraction of sp³-hybridized carbons (Fsp3) is 0.143. The van der Waals surface area contributed by atoms with Gasteiger partial charge in [-0.05, 0) is 48.5 Å². The maximum absolute atomic E-state index is 14.4. The molecule has 3 aromatic carbocycles. The Kier molecular flexibility index (Phi) is 6.57. The second-order valence-electron chi connectivity index (χ2n) is 8.76. The Labute approximate surface area is 231 Å².